The van der Waals surface area contributed by atoms with Gasteiger partial charge in [-0.15, -0.1) is 0 Å². The number of methoxy groups -OCH3 is 1. The van der Waals surface area contributed by atoms with Crippen molar-refractivity contribution in [2.75, 3.05) is 49.7 Å². The fraction of sp³-hybridized carbons (Fsp3) is 0.452. The quantitative estimate of drug-likeness (QED) is 0.399. The number of hydrogen-bond acceptors (Lipinski definition) is 7. The molecule has 3 heterocycles. The number of nitrogens with zero attached hydrogens (tertiary/aromatic N) is 3. The highest BCUT2D eigenvalue weighted by Crippen LogP contribution is 2.47. The molecule has 0 saturated carbocycles. The number of hydrogen-bond donors (Lipinski definition) is 3. The van der Waals surface area contributed by atoms with Gasteiger partial charge in [-0.3, -0.25) is 14.4 Å². The predicted molar refractivity (Wildman–Crippen MR) is 154 cm³/mol. The maximum absolute atomic E-state index is 13.9. The van der Waals surface area contributed by atoms with E-state index in [1.54, 1.807) is 52.0 Å². The maximum atomic E-state index is 13.9. The molecule has 3 aliphatic heterocycles. The standard InChI is InChI=1S/C31H38N4O6/c1-21(5-3-7-28(37)33-15-4-6-24(33)20-36)31(40)26-17-25(41-2)12-13-27(26)35(30(31)39)19-22-8-10-23(11-9-22)34-16-14-32-18-29(34)38/h3,5,8-13,17,21,24,32,36,40H,4,6-7,14-16,18-20H2,1-2H3/b5-3+/t21-,24-,31+/m0/s1. The van der Waals surface area contributed by atoms with Crippen molar-refractivity contribution >= 4 is 29.1 Å². The van der Waals surface area contributed by atoms with Crippen LogP contribution in [0.25, 0.3) is 0 Å². The number of carbonyl (C=O) groups is 3. The van der Waals surface area contributed by atoms with E-state index < -0.39 is 17.4 Å². The van der Waals surface area contributed by atoms with E-state index in [2.05, 4.69) is 5.32 Å². The van der Waals surface area contributed by atoms with E-state index in [4.69, 9.17) is 4.74 Å². The van der Waals surface area contributed by atoms with Gasteiger partial charge in [-0.2, -0.15) is 0 Å². The van der Waals surface area contributed by atoms with Crippen LogP contribution in [0.4, 0.5) is 11.4 Å². The minimum atomic E-state index is -1.85. The highest BCUT2D eigenvalue weighted by atomic mass is 16.5. The van der Waals surface area contributed by atoms with Crippen LogP contribution in [0.1, 0.15) is 37.3 Å². The van der Waals surface area contributed by atoms with Crippen molar-refractivity contribution in [1.82, 2.24) is 10.2 Å². The van der Waals surface area contributed by atoms with Gasteiger partial charge in [0, 0.05) is 43.2 Å². The molecule has 2 aromatic rings. The molecule has 41 heavy (non-hydrogen) atoms. The minimum absolute atomic E-state index is 0.0176. The Kier molecular flexibility index (Phi) is 8.44. The molecule has 2 aromatic carbocycles. The molecule has 0 aliphatic carbocycles. The first-order chi connectivity index (χ1) is 19.8. The average Bonchev–Trinajstić information content (AvgIpc) is 3.56. The Balaban J connectivity index is 1.35. The number of aliphatic hydroxyl groups is 2. The van der Waals surface area contributed by atoms with E-state index in [1.165, 1.54) is 7.11 Å². The summed E-state index contributed by atoms with van der Waals surface area (Å²) in [6, 6.07) is 12.6. The zero-order valence-electron chi connectivity index (χ0n) is 23.6. The second-order valence-corrected chi connectivity index (χ2v) is 10.9. The summed E-state index contributed by atoms with van der Waals surface area (Å²) >= 11 is 0. The molecule has 3 atom stereocenters. The van der Waals surface area contributed by atoms with Crippen LogP contribution >= 0.6 is 0 Å². The van der Waals surface area contributed by atoms with Crippen LogP contribution in [0.5, 0.6) is 5.75 Å². The van der Waals surface area contributed by atoms with Crippen LogP contribution in [0.3, 0.4) is 0 Å². The number of aliphatic hydroxyl groups excluding tert-OH is 1. The van der Waals surface area contributed by atoms with Gasteiger partial charge >= 0.3 is 0 Å². The molecule has 2 saturated heterocycles. The van der Waals surface area contributed by atoms with E-state index >= 15 is 0 Å². The second kappa shape index (κ2) is 12.0. The van der Waals surface area contributed by atoms with Crippen LogP contribution in [0.15, 0.2) is 54.6 Å². The summed E-state index contributed by atoms with van der Waals surface area (Å²) < 4.78 is 5.40. The highest BCUT2D eigenvalue weighted by molar-refractivity contribution is 6.07. The summed E-state index contributed by atoms with van der Waals surface area (Å²) in [6.45, 7) is 4.22. The molecule has 10 heteroatoms. The van der Waals surface area contributed by atoms with E-state index in [-0.39, 0.29) is 37.4 Å². The number of ether oxygens (including phenoxy) is 1. The Morgan fingerprint density at radius 3 is 2.68 bits per heavy atom. The summed E-state index contributed by atoms with van der Waals surface area (Å²) in [5.41, 5.74) is 0.862. The first-order valence-electron chi connectivity index (χ1n) is 14.2. The monoisotopic (exact) mass is 562 g/mol. The van der Waals surface area contributed by atoms with Gasteiger partial charge in [0.1, 0.15) is 5.75 Å². The number of piperazine rings is 1. The predicted octanol–water partition coefficient (Wildman–Crippen LogP) is 1.93. The Morgan fingerprint density at radius 2 is 1.98 bits per heavy atom. The van der Waals surface area contributed by atoms with Gasteiger partial charge in [0.2, 0.25) is 11.8 Å². The number of amides is 3. The molecule has 0 unspecified atom stereocenters. The molecule has 3 amide bonds. The van der Waals surface area contributed by atoms with E-state index in [9.17, 15) is 24.6 Å². The first-order valence-corrected chi connectivity index (χ1v) is 14.2. The molecule has 10 nitrogen and oxygen atoms in total. The van der Waals surface area contributed by atoms with Crippen LogP contribution in [-0.4, -0.2) is 78.8 Å². The molecule has 5 rings (SSSR count). The third-order valence-corrected chi connectivity index (χ3v) is 8.44. The van der Waals surface area contributed by atoms with Crippen LogP contribution in [0, 0.1) is 5.92 Å². The van der Waals surface area contributed by atoms with Crippen molar-refractivity contribution in [2.24, 2.45) is 5.92 Å². The van der Waals surface area contributed by atoms with Crippen LogP contribution < -0.4 is 19.9 Å². The van der Waals surface area contributed by atoms with Gasteiger partial charge in [-0.1, -0.05) is 31.2 Å². The summed E-state index contributed by atoms with van der Waals surface area (Å²) in [6.07, 6.45) is 5.20. The number of nitrogens with one attached hydrogen (secondary N) is 1. The van der Waals surface area contributed by atoms with Gasteiger partial charge in [-0.25, -0.2) is 0 Å². The Bertz CT molecular complexity index is 1330. The number of carbonyl (C=O) groups excluding carboxylic acids is 3. The molecule has 3 aliphatic rings. The molecule has 218 valence electrons. The van der Waals surface area contributed by atoms with Gasteiger partial charge in [0.05, 0.1) is 38.5 Å². The zero-order valence-corrected chi connectivity index (χ0v) is 23.6. The first kappa shape index (κ1) is 28.8. The highest BCUT2D eigenvalue weighted by Gasteiger charge is 2.52. The van der Waals surface area contributed by atoms with Crippen molar-refractivity contribution in [2.45, 2.75) is 44.4 Å². The lowest BCUT2D eigenvalue weighted by Crippen LogP contribution is -2.48. The zero-order chi connectivity index (χ0) is 29.1. The van der Waals surface area contributed by atoms with Gasteiger partial charge in [0.15, 0.2) is 5.60 Å². The molecular weight excluding hydrogens is 524 g/mol. The molecule has 0 aromatic heterocycles. The summed E-state index contributed by atoms with van der Waals surface area (Å²) in [4.78, 5) is 43.9. The number of rotatable bonds is 9. The minimum Gasteiger partial charge on any atom is -0.497 e. The average molecular weight is 563 g/mol. The van der Waals surface area contributed by atoms with Crippen LogP contribution in [-0.2, 0) is 26.5 Å². The lowest BCUT2D eigenvalue weighted by atomic mass is 9.83. The van der Waals surface area contributed by atoms with Crippen molar-refractivity contribution in [1.29, 1.82) is 0 Å². The number of benzene rings is 2. The van der Waals surface area contributed by atoms with Crippen molar-refractivity contribution in [3.05, 3.63) is 65.7 Å². The third kappa shape index (κ3) is 5.47. The van der Waals surface area contributed by atoms with E-state index in [0.717, 1.165) is 30.6 Å². The SMILES string of the molecule is COc1ccc2c(c1)[C@](O)([C@@H](C)/C=C/CC(=O)N1CCC[C@H]1CO)C(=O)N2Cc1ccc(N2CCNCC2=O)cc1. The van der Waals surface area contributed by atoms with E-state index in [0.29, 0.717) is 36.6 Å². The smallest absolute Gasteiger partial charge is 0.264 e. The second-order valence-electron chi connectivity index (χ2n) is 10.9. The Morgan fingerprint density at radius 1 is 1.20 bits per heavy atom. The largest absolute Gasteiger partial charge is 0.497 e. The van der Waals surface area contributed by atoms with Gasteiger partial charge < -0.3 is 35.0 Å². The molecule has 0 radical (unpaired) electrons. The van der Waals surface area contributed by atoms with Crippen molar-refractivity contribution in [3.8, 4) is 5.75 Å². The molecule has 3 N–H and O–H groups in total. The van der Waals surface area contributed by atoms with Gasteiger partial charge in [-0.05, 0) is 48.7 Å². The lowest BCUT2D eigenvalue weighted by Gasteiger charge is -2.28. The van der Waals surface area contributed by atoms with E-state index in [1.807, 2.05) is 24.3 Å². The normalized spacial score (nSPS) is 23.4. The topological polar surface area (TPSA) is 123 Å². The maximum Gasteiger partial charge on any atom is 0.264 e. The van der Waals surface area contributed by atoms with Crippen LogP contribution in [0.2, 0.25) is 0 Å². The Hall–Kier alpha value is -3.73. The van der Waals surface area contributed by atoms with Gasteiger partial charge in [0.25, 0.3) is 5.91 Å². The number of fused-ring (bicyclic) bond motifs is 1. The molecule has 0 bridgehead atoms. The van der Waals surface area contributed by atoms with Crippen molar-refractivity contribution < 1.29 is 29.3 Å². The summed E-state index contributed by atoms with van der Waals surface area (Å²) in [5, 5.41) is 24.6. The summed E-state index contributed by atoms with van der Waals surface area (Å²) in [7, 11) is 1.53. The third-order valence-electron chi connectivity index (χ3n) is 8.44. The number of anilines is 2. The molecule has 0 spiro atoms. The molecular formula is C31H38N4O6. The molecule has 2 fully saturated rings. The van der Waals surface area contributed by atoms with Crippen molar-refractivity contribution in [3.63, 3.8) is 0 Å². The summed E-state index contributed by atoms with van der Waals surface area (Å²) in [5.74, 6) is -0.622. The number of likely N-dealkylation sites (tertiary alicyclic amines) is 1. The Labute approximate surface area is 240 Å². The fourth-order valence-corrected chi connectivity index (χ4v) is 6.04. The fourth-order valence-electron chi connectivity index (χ4n) is 6.04. The lowest BCUT2D eigenvalue weighted by molar-refractivity contribution is -0.139.